The molecule has 2 aliphatic carbocycles. The molecule has 0 aliphatic heterocycles. The number of aliphatic hydroxyl groups is 2. The highest BCUT2D eigenvalue weighted by Gasteiger charge is 2.35. The van der Waals surface area contributed by atoms with E-state index in [9.17, 15) is 15.0 Å². The van der Waals surface area contributed by atoms with E-state index >= 15 is 0 Å². The van der Waals surface area contributed by atoms with Crippen molar-refractivity contribution in [1.29, 1.82) is 0 Å². The Morgan fingerprint density at radius 3 is 2.62 bits per heavy atom. The maximum Gasteiger partial charge on any atom is 0.304 e. The fourth-order valence-electron chi connectivity index (χ4n) is 3.90. The molecule has 3 N–H and O–H groups in total. The topological polar surface area (TPSA) is 77.8 Å². The van der Waals surface area contributed by atoms with E-state index in [4.69, 9.17) is 5.11 Å². The van der Waals surface area contributed by atoms with Gasteiger partial charge in [0, 0.05) is 5.92 Å². The monoisotopic (exact) mass is 296 g/mol. The summed E-state index contributed by atoms with van der Waals surface area (Å²) in [5.41, 5.74) is 0.337. The summed E-state index contributed by atoms with van der Waals surface area (Å²) < 4.78 is 0. The molecule has 3 unspecified atom stereocenters. The molecule has 3 atom stereocenters. The molecule has 120 valence electrons. The number of hydrogen-bond donors (Lipinski definition) is 3. The Kier molecular flexibility index (Phi) is 5.44. The first-order chi connectivity index (χ1) is 9.90. The van der Waals surface area contributed by atoms with Crippen LogP contribution in [0.5, 0.6) is 0 Å². The average Bonchev–Trinajstić information content (AvgIpc) is 2.78. The predicted octanol–water partition coefficient (Wildman–Crippen LogP) is 2.88. The molecule has 0 bridgehead atoms. The first-order valence-corrected chi connectivity index (χ1v) is 8.21. The number of carboxylic acids is 1. The van der Waals surface area contributed by atoms with E-state index in [2.05, 4.69) is 0 Å². The fraction of sp³-hybridized carbons (Fsp3) is 0.824. The molecule has 4 nitrogen and oxygen atoms in total. The lowest BCUT2D eigenvalue weighted by molar-refractivity contribution is -0.138. The number of rotatable bonds is 6. The van der Waals surface area contributed by atoms with Crippen LogP contribution in [-0.2, 0) is 4.79 Å². The molecule has 21 heavy (non-hydrogen) atoms. The summed E-state index contributed by atoms with van der Waals surface area (Å²) in [6.07, 6.45) is 9.12. The van der Waals surface area contributed by atoms with E-state index in [1.807, 2.05) is 13.0 Å². The molecule has 0 heterocycles. The summed E-state index contributed by atoms with van der Waals surface area (Å²) in [4.78, 5) is 10.9. The van der Waals surface area contributed by atoms with Gasteiger partial charge in [0.05, 0.1) is 18.1 Å². The third kappa shape index (κ3) is 4.30. The minimum atomic E-state index is -0.870. The summed E-state index contributed by atoms with van der Waals surface area (Å²) in [5.74, 6) is -0.786. The normalized spacial score (nSPS) is 30.0. The van der Waals surface area contributed by atoms with Crippen LogP contribution in [0.25, 0.3) is 0 Å². The molecule has 0 aromatic carbocycles. The number of aliphatic hydroxyl groups excluding tert-OH is 1. The van der Waals surface area contributed by atoms with Gasteiger partial charge in [0.1, 0.15) is 0 Å². The second-order valence-electron chi connectivity index (χ2n) is 6.98. The van der Waals surface area contributed by atoms with Crippen molar-refractivity contribution in [3.63, 3.8) is 0 Å². The third-order valence-electron chi connectivity index (χ3n) is 5.36. The second kappa shape index (κ2) is 6.93. The van der Waals surface area contributed by atoms with E-state index in [1.165, 1.54) is 19.3 Å². The van der Waals surface area contributed by atoms with Gasteiger partial charge in [-0.25, -0.2) is 0 Å². The van der Waals surface area contributed by atoms with Crippen LogP contribution in [0.4, 0.5) is 0 Å². The zero-order valence-electron chi connectivity index (χ0n) is 12.9. The lowest BCUT2D eigenvalue weighted by Crippen LogP contribution is -2.36. The van der Waals surface area contributed by atoms with Gasteiger partial charge in [-0.05, 0) is 44.9 Å². The third-order valence-corrected chi connectivity index (χ3v) is 5.36. The van der Waals surface area contributed by atoms with E-state index in [1.54, 1.807) is 0 Å². The smallest absolute Gasteiger partial charge is 0.304 e. The van der Waals surface area contributed by atoms with Crippen LogP contribution in [0.3, 0.4) is 0 Å². The van der Waals surface area contributed by atoms with Gasteiger partial charge in [-0.3, -0.25) is 4.79 Å². The van der Waals surface area contributed by atoms with Gasteiger partial charge >= 0.3 is 5.97 Å². The van der Waals surface area contributed by atoms with Crippen molar-refractivity contribution >= 4 is 5.97 Å². The van der Waals surface area contributed by atoms with Crippen LogP contribution >= 0.6 is 0 Å². The van der Waals surface area contributed by atoms with Crippen LogP contribution in [0.2, 0.25) is 0 Å². The highest BCUT2D eigenvalue weighted by Crippen LogP contribution is 2.38. The average molecular weight is 296 g/mol. The summed E-state index contributed by atoms with van der Waals surface area (Å²) in [7, 11) is 0. The SMILES string of the molecule is CC(O)(CCC1=CCC(O)C1CC(=O)O)C1CCCCC1. The molecule has 0 aromatic rings. The Labute approximate surface area is 126 Å². The maximum atomic E-state index is 10.9. The van der Waals surface area contributed by atoms with Gasteiger partial charge in [-0.15, -0.1) is 0 Å². The molecule has 2 aliphatic rings. The van der Waals surface area contributed by atoms with Gasteiger partial charge < -0.3 is 15.3 Å². The first-order valence-electron chi connectivity index (χ1n) is 8.21. The Morgan fingerprint density at radius 2 is 2.00 bits per heavy atom. The lowest BCUT2D eigenvalue weighted by atomic mass is 9.75. The Hall–Kier alpha value is -0.870. The molecule has 0 saturated heterocycles. The predicted molar refractivity (Wildman–Crippen MR) is 80.9 cm³/mol. The second-order valence-corrected chi connectivity index (χ2v) is 6.98. The van der Waals surface area contributed by atoms with Crippen LogP contribution < -0.4 is 0 Å². The van der Waals surface area contributed by atoms with Crippen molar-refractivity contribution < 1.29 is 20.1 Å². The highest BCUT2D eigenvalue weighted by atomic mass is 16.4. The van der Waals surface area contributed by atoms with Crippen molar-refractivity contribution in [2.24, 2.45) is 11.8 Å². The number of carboxylic acid groups (broad SMARTS) is 1. The van der Waals surface area contributed by atoms with E-state index in [0.29, 0.717) is 25.2 Å². The Bertz CT molecular complexity index is 394. The van der Waals surface area contributed by atoms with Crippen LogP contribution in [0.1, 0.15) is 64.7 Å². The zero-order valence-corrected chi connectivity index (χ0v) is 12.9. The fourth-order valence-corrected chi connectivity index (χ4v) is 3.90. The van der Waals surface area contributed by atoms with Gasteiger partial charge in [-0.1, -0.05) is 30.9 Å². The van der Waals surface area contributed by atoms with Gasteiger partial charge in [0.2, 0.25) is 0 Å². The molecule has 0 spiro atoms. The van der Waals surface area contributed by atoms with Crippen molar-refractivity contribution in [3.8, 4) is 0 Å². The van der Waals surface area contributed by atoms with Gasteiger partial charge in [0.15, 0.2) is 0 Å². The summed E-state index contributed by atoms with van der Waals surface area (Å²) >= 11 is 0. The molecule has 0 aromatic heterocycles. The number of hydrogen-bond acceptors (Lipinski definition) is 3. The largest absolute Gasteiger partial charge is 0.481 e. The van der Waals surface area contributed by atoms with Crippen molar-refractivity contribution in [2.75, 3.05) is 0 Å². The molecule has 1 fully saturated rings. The highest BCUT2D eigenvalue weighted by molar-refractivity contribution is 5.67. The molecule has 0 amide bonds. The number of carbonyl (C=O) groups is 1. The van der Waals surface area contributed by atoms with Crippen LogP contribution in [0, 0.1) is 11.8 Å². The minimum Gasteiger partial charge on any atom is -0.481 e. The molecular weight excluding hydrogens is 268 g/mol. The van der Waals surface area contributed by atoms with Crippen LogP contribution in [-0.4, -0.2) is 33.0 Å². The molecule has 0 radical (unpaired) electrons. The van der Waals surface area contributed by atoms with Crippen molar-refractivity contribution in [1.82, 2.24) is 0 Å². The number of aliphatic carboxylic acids is 1. The molecule has 2 rings (SSSR count). The zero-order chi connectivity index (χ0) is 15.5. The lowest BCUT2D eigenvalue weighted by Gasteiger charge is -2.36. The molecule has 1 saturated carbocycles. The Morgan fingerprint density at radius 1 is 1.33 bits per heavy atom. The summed E-state index contributed by atoms with van der Waals surface area (Å²) in [5, 5.41) is 29.6. The van der Waals surface area contributed by atoms with E-state index < -0.39 is 17.7 Å². The van der Waals surface area contributed by atoms with Crippen LogP contribution in [0.15, 0.2) is 11.6 Å². The maximum absolute atomic E-state index is 10.9. The van der Waals surface area contributed by atoms with Crippen molar-refractivity contribution in [3.05, 3.63) is 11.6 Å². The minimum absolute atomic E-state index is 0.0153. The summed E-state index contributed by atoms with van der Waals surface area (Å²) in [6, 6.07) is 0. The van der Waals surface area contributed by atoms with E-state index in [0.717, 1.165) is 18.4 Å². The quantitative estimate of drug-likeness (QED) is 0.659. The Balaban J connectivity index is 1.90. The van der Waals surface area contributed by atoms with Crippen molar-refractivity contribution in [2.45, 2.75) is 76.4 Å². The molecule has 4 heteroatoms. The van der Waals surface area contributed by atoms with E-state index in [-0.39, 0.29) is 12.3 Å². The van der Waals surface area contributed by atoms with Gasteiger partial charge in [0.25, 0.3) is 0 Å². The molecular formula is C17H28O4. The first kappa shape index (κ1) is 16.5. The van der Waals surface area contributed by atoms with Gasteiger partial charge in [-0.2, -0.15) is 0 Å². The summed E-state index contributed by atoms with van der Waals surface area (Å²) in [6.45, 7) is 1.92. The standard InChI is InChI=1S/C17H28O4/c1-17(21,13-5-3-2-4-6-13)10-9-12-7-8-15(18)14(12)11-16(19)20/h7,13-15,18,21H,2-6,8-11H2,1H3,(H,19,20).